The van der Waals surface area contributed by atoms with Crippen LogP contribution in [0.5, 0.6) is 0 Å². The van der Waals surface area contributed by atoms with E-state index in [1.807, 2.05) is 31.2 Å². The average molecular weight is 450 g/mol. The number of nitrogens with zero attached hydrogens (tertiary/aromatic N) is 2. The van der Waals surface area contributed by atoms with Crippen LogP contribution in [0.15, 0.2) is 53.3 Å². The number of amides is 3. The maximum Gasteiger partial charge on any atom is 0.290 e. The molecule has 1 atom stereocenters. The molecule has 3 rings (SSSR count). The highest BCUT2D eigenvalue weighted by Gasteiger charge is 2.20. The van der Waals surface area contributed by atoms with Gasteiger partial charge in [-0.2, -0.15) is 5.10 Å². The van der Waals surface area contributed by atoms with E-state index in [4.69, 9.17) is 0 Å². The van der Waals surface area contributed by atoms with Gasteiger partial charge in [-0.25, -0.2) is 4.68 Å². The first-order valence-electron chi connectivity index (χ1n) is 10.6. The third-order valence-electron chi connectivity index (χ3n) is 5.09. The zero-order valence-corrected chi connectivity index (χ0v) is 19.0. The van der Waals surface area contributed by atoms with Gasteiger partial charge >= 0.3 is 0 Å². The average Bonchev–Trinajstić information content (AvgIpc) is 2.77. The van der Waals surface area contributed by atoms with Gasteiger partial charge in [-0.3, -0.25) is 30.0 Å². The second-order valence-electron chi connectivity index (χ2n) is 8.11. The lowest BCUT2D eigenvalue weighted by Gasteiger charge is -2.18. The van der Waals surface area contributed by atoms with Gasteiger partial charge in [-0.05, 0) is 32.4 Å². The van der Waals surface area contributed by atoms with Crippen LogP contribution in [0.2, 0.25) is 0 Å². The lowest BCUT2D eigenvalue weighted by Crippen LogP contribution is -2.44. The molecule has 0 saturated carbocycles. The van der Waals surface area contributed by atoms with Crippen LogP contribution in [-0.2, 0) is 9.59 Å². The molecule has 3 aromatic rings. The minimum absolute atomic E-state index is 0.0242. The normalized spacial score (nSPS) is 11.8. The summed E-state index contributed by atoms with van der Waals surface area (Å²) < 4.78 is 1.24. The fraction of sp³-hybridized carbons (Fsp3) is 0.292. The molecule has 1 heterocycles. The third kappa shape index (κ3) is 5.62. The van der Waals surface area contributed by atoms with Crippen molar-refractivity contribution < 1.29 is 14.4 Å². The van der Waals surface area contributed by atoms with Crippen LogP contribution in [0.25, 0.3) is 10.8 Å². The summed E-state index contributed by atoms with van der Waals surface area (Å²) in [4.78, 5) is 49.7. The van der Waals surface area contributed by atoms with Gasteiger partial charge in [-0.1, -0.05) is 48.0 Å². The van der Waals surface area contributed by atoms with Gasteiger partial charge in [0.2, 0.25) is 11.8 Å². The summed E-state index contributed by atoms with van der Waals surface area (Å²) in [5.41, 5.74) is 6.30. The molecule has 3 amide bonds. The maximum absolute atomic E-state index is 12.8. The fourth-order valence-corrected chi connectivity index (χ4v) is 3.44. The van der Waals surface area contributed by atoms with Crippen LogP contribution in [0, 0.1) is 6.92 Å². The van der Waals surface area contributed by atoms with E-state index >= 15 is 0 Å². The number of carbonyl (C=O) groups is 3. The summed E-state index contributed by atoms with van der Waals surface area (Å²) >= 11 is 0. The standard InChI is InChI=1S/C24H27N5O4/c1-14(2)29-24(33)19-8-6-5-7-18(19)22(28-29)23(32)27-26-21(31)13-20(25-16(4)30)17-11-9-15(3)10-12-17/h5-12,14,20H,13H2,1-4H3,(H,25,30)(H,26,31)(H,27,32). The van der Waals surface area contributed by atoms with Crippen molar-refractivity contribution in [2.75, 3.05) is 0 Å². The smallest absolute Gasteiger partial charge is 0.290 e. The molecule has 3 N–H and O–H groups in total. The van der Waals surface area contributed by atoms with Gasteiger partial charge < -0.3 is 5.32 Å². The summed E-state index contributed by atoms with van der Waals surface area (Å²) in [7, 11) is 0. The molecule has 0 aliphatic carbocycles. The molecule has 33 heavy (non-hydrogen) atoms. The minimum atomic E-state index is -0.652. The summed E-state index contributed by atoms with van der Waals surface area (Å²) in [6, 6.07) is 13.3. The number of aryl methyl sites for hydroxylation is 1. The monoisotopic (exact) mass is 449 g/mol. The van der Waals surface area contributed by atoms with Crippen molar-refractivity contribution in [2.24, 2.45) is 0 Å². The van der Waals surface area contributed by atoms with Gasteiger partial charge in [0.1, 0.15) is 0 Å². The van der Waals surface area contributed by atoms with Crippen LogP contribution >= 0.6 is 0 Å². The maximum atomic E-state index is 12.8. The van der Waals surface area contributed by atoms with Crippen LogP contribution < -0.4 is 21.7 Å². The van der Waals surface area contributed by atoms with E-state index in [0.29, 0.717) is 10.8 Å². The molecule has 9 heteroatoms. The number of aromatic nitrogens is 2. The van der Waals surface area contributed by atoms with E-state index in [9.17, 15) is 19.2 Å². The van der Waals surface area contributed by atoms with E-state index in [-0.39, 0.29) is 29.6 Å². The highest BCUT2D eigenvalue weighted by atomic mass is 16.2. The first-order chi connectivity index (χ1) is 15.7. The predicted octanol–water partition coefficient (Wildman–Crippen LogP) is 2.31. The summed E-state index contributed by atoms with van der Waals surface area (Å²) in [6.07, 6.45) is -0.0808. The van der Waals surface area contributed by atoms with Crippen molar-refractivity contribution in [1.82, 2.24) is 25.9 Å². The lowest BCUT2D eigenvalue weighted by atomic mass is 10.0. The first kappa shape index (κ1) is 23.6. The molecular formula is C24H27N5O4. The van der Waals surface area contributed by atoms with E-state index in [2.05, 4.69) is 21.3 Å². The zero-order chi connectivity index (χ0) is 24.1. The molecule has 0 radical (unpaired) electrons. The van der Waals surface area contributed by atoms with Gasteiger partial charge in [0.25, 0.3) is 11.5 Å². The van der Waals surface area contributed by atoms with Crippen molar-refractivity contribution >= 4 is 28.5 Å². The number of fused-ring (bicyclic) bond motifs is 1. The molecule has 1 unspecified atom stereocenters. The van der Waals surface area contributed by atoms with Crippen molar-refractivity contribution in [3.8, 4) is 0 Å². The molecular weight excluding hydrogens is 422 g/mol. The van der Waals surface area contributed by atoms with Crippen LogP contribution in [0.4, 0.5) is 0 Å². The molecule has 9 nitrogen and oxygen atoms in total. The van der Waals surface area contributed by atoms with Gasteiger partial charge in [-0.15, -0.1) is 0 Å². The molecule has 0 saturated heterocycles. The van der Waals surface area contributed by atoms with Gasteiger partial charge in [0, 0.05) is 12.3 Å². The van der Waals surface area contributed by atoms with E-state index < -0.39 is 17.9 Å². The number of hydrazine groups is 1. The minimum Gasteiger partial charge on any atom is -0.349 e. The Morgan fingerprint density at radius 2 is 1.61 bits per heavy atom. The Morgan fingerprint density at radius 1 is 0.970 bits per heavy atom. The second-order valence-corrected chi connectivity index (χ2v) is 8.11. The summed E-state index contributed by atoms with van der Waals surface area (Å²) in [5, 5.41) is 7.73. The molecule has 0 aliphatic rings. The van der Waals surface area contributed by atoms with Crippen LogP contribution in [0.1, 0.15) is 60.9 Å². The highest BCUT2D eigenvalue weighted by molar-refractivity contribution is 6.05. The fourth-order valence-electron chi connectivity index (χ4n) is 3.44. The van der Waals surface area contributed by atoms with Crippen molar-refractivity contribution in [3.63, 3.8) is 0 Å². The predicted molar refractivity (Wildman–Crippen MR) is 124 cm³/mol. The van der Waals surface area contributed by atoms with E-state index in [1.165, 1.54) is 11.6 Å². The Morgan fingerprint density at radius 3 is 2.21 bits per heavy atom. The Bertz CT molecular complexity index is 1250. The van der Waals surface area contributed by atoms with Gasteiger partial charge in [0.15, 0.2) is 5.69 Å². The molecule has 0 spiro atoms. The largest absolute Gasteiger partial charge is 0.349 e. The van der Waals surface area contributed by atoms with Crippen molar-refractivity contribution in [3.05, 3.63) is 75.7 Å². The number of carbonyl (C=O) groups excluding carboxylic acids is 3. The van der Waals surface area contributed by atoms with Crippen LogP contribution in [0.3, 0.4) is 0 Å². The SMILES string of the molecule is CC(=O)NC(CC(=O)NNC(=O)c1nn(C(C)C)c(=O)c2ccccc12)c1ccc(C)cc1. The first-order valence-corrected chi connectivity index (χ1v) is 10.6. The molecule has 0 bridgehead atoms. The third-order valence-corrected chi connectivity index (χ3v) is 5.09. The molecule has 1 aromatic heterocycles. The zero-order valence-electron chi connectivity index (χ0n) is 19.0. The van der Waals surface area contributed by atoms with Crippen molar-refractivity contribution in [1.29, 1.82) is 0 Å². The van der Waals surface area contributed by atoms with Crippen LogP contribution in [-0.4, -0.2) is 27.5 Å². The molecule has 2 aromatic carbocycles. The number of rotatable bonds is 6. The number of hydrogen-bond donors (Lipinski definition) is 3. The number of benzene rings is 2. The number of nitrogens with one attached hydrogen (secondary N) is 3. The molecule has 0 fully saturated rings. The number of hydrogen-bond acceptors (Lipinski definition) is 5. The highest BCUT2D eigenvalue weighted by Crippen LogP contribution is 2.18. The Labute approximate surface area is 191 Å². The molecule has 0 aliphatic heterocycles. The second kappa shape index (κ2) is 10.1. The van der Waals surface area contributed by atoms with E-state index in [1.54, 1.807) is 38.1 Å². The lowest BCUT2D eigenvalue weighted by molar-refractivity contribution is -0.123. The van der Waals surface area contributed by atoms with Crippen molar-refractivity contribution in [2.45, 2.75) is 46.2 Å². The van der Waals surface area contributed by atoms with E-state index in [0.717, 1.165) is 11.1 Å². The summed E-state index contributed by atoms with van der Waals surface area (Å²) in [6.45, 7) is 6.90. The Balaban J connectivity index is 1.77. The Hall–Kier alpha value is -4.01. The topological polar surface area (TPSA) is 122 Å². The quantitative estimate of drug-likeness (QED) is 0.499. The van der Waals surface area contributed by atoms with Gasteiger partial charge in [0.05, 0.1) is 23.9 Å². The summed E-state index contributed by atoms with van der Waals surface area (Å²) in [5.74, 6) is -1.42. The molecule has 172 valence electrons. The Kier molecular flexibility index (Phi) is 7.22.